The van der Waals surface area contributed by atoms with Crippen LogP contribution in [0.15, 0.2) is 136 Å². The summed E-state index contributed by atoms with van der Waals surface area (Å²) in [5.74, 6) is 0. The van der Waals surface area contributed by atoms with E-state index in [0.717, 1.165) is 0 Å². The Morgan fingerprint density at radius 2 is 0.703 bits per heavy atom. The van der Waals surface area contributed by atoms with Crippen LogP contribution >= 0.6 is 0 Å². The molecule has 0 spiro atoms. The Kier molecular flexibility index (Phi) is 14.4. The van der Waals surface area contributed by atoms with Crippen molar-refractivity contribution in [3.63, 3.8) is 0 Å². The van der Waals surface area contributed by atoms with Gasteiger partial charge in [0, 0.05) is 0 Å². The van der Waals surface area contributed by atoms with Gasteiger partial charge < -0.3 is 0 Å². The summed E-state index contributed by atoms with van der Waals surface area (Å²) < 4.78 is 0. The molecule has 0 aromatic heterocycles. The summed E-state index contributed by atoms with van der Waals surface area (Å²) in [5.41, 5.74) is 1.50. The van der Waals surface area contributed by atoms with Crippen LogP contribution in [-0.2, 0) is 17.3 Å². The molecule has 0 aliphatic carbocycles. The molecule has 0 aliphatic rings. The van der Waals surface area contributed by atoms with Crippen molar-refractivity contribution in [2.45, 2.75) is 92.2 Å². The van der Waals surface area contributed by atoms with Crippen LogP contribution < -0.4 is 0 Å². The van der Waals surface area contributed by atoms with Gasteiger partial charge in [-0.3, -0.25) is 0 Å². The van der Waals surface area contributed by atoms with Gasteiger partial charge in [0.25, 0.3) is 0 Å². The maximum Gasteiger partial charge on any atom is 0.166 e. The number of aryl methyl sites for hydroxylation is 1. The van der Waals surface area contributed by atoms with Crippen LogP contribution in [0.3, 0.4) is 0 Å². The predicted octanol–water partition coefficient (Wildman–Crippen LogP) is 10.9. The lowest BCUT2D eigenvalue weighted by atomic mass is 10.0. The second-order valence-corrected chi connectivity index (χ2v) is 11.7. The molecule has 0 saturated heterocycles. The lowest BCUT2D eigenvalue weighted by Gasteiger charge is -2.07. The van der Waals surface area contributed by atoms with Crippen LogP contribution in [0.4, 0.5) is 0 Å². The topological polar surface area (TPSA) is 0 Å². The van der Waals surface area contributed by atoms with E-state index in [1.807, 2.05) is 0 Å². The van der Waals surface area contributed by atoms with Crippen LogP contribution in [0.25, 0.3) is 0 Å². The Hall–Kier alpha value is -2.77. The first-order valence-electron chi connectivity index (χ1n) is 14.3. The van der Waals surface area contributed by atoms with Crippen molar-refractivity contribution >= 4 is 10.9 Å². The van der Waals surface area contributed by atoms with Gasteiger partial charge in [-0.1, -0.05) is 150 Å². The van der Waals surface area contributed by atoms with Gasteiger partial charge in [-0.2, -0.15) is 0 Å². The Labute approximate surface area is 229 Å². The highest BCUT2D eigenvalue weighted by molar-refractivity contribution is 7.97. The van der Waals surface area contributed by atoms with Crippen molar-refractivity contribution in [2.75, 3.05) is 0 Å². The molecule has 0 unspecified atom stereocenters. The van der Waals surface area contributed by atoms with Crippen LogP contribution in [-0.4, -0.2) is 0 Å². The number of unbranched alkanes of at least 4 members (excludes halogenated alkanes) is 9. The molecule has 0 amide bonds. The van der Waals surface area contributed by atoms with Crippen molar-refractivity contribution in [2.24, 2.45) is 0 Å². The first-order chi connectivity index (χ1) is 18.4. The van der Waals surface area contributed by atoms with Crippen molar-refractivity contribution in [3.8, 4) is 0 Å². The van der Waals surface area contributed by atoms with E-state index in [-0.39, 0.29) is 10.9 Å². The molecular formula is C36H45S+. The van der Waals surface area contributed by atoms with Crippen molar-refractivity contribution < 1.29 is 0 Å². The summed E-state index contributed by atoms with van der Waals surface area (Å²) in [5, 5.41) is 0. The highest BCUT2D eigenvalue weighted by Crippen LogP contribution is 2.30. The molecule has 37 heavy (non-hydrogen) atoms. The zero-order valence-corrected chi connectivity index (χ0v) is 23.5. The van der Waals surface area contributed by atoms with Gasteiger partial charge in [0.15, 0.2) is 14.7 Å². The zero-order valence-electron chi connectivity index (χ0n) is 22.7. The normalized spacial score (nSPS) is 10.6. The van der Waals surface area contributed by atoms with E-state index in [9.17, 15) is 0 Å². The number of benzene rings is 4. The maximum atomic E-state index is 2.28. The molecule has 1 heteroatoms. The van der Waals surface area contributed by atoms with Gasteiger partial charge in [0.2, 0.25) is 0 Å². The second-order valence-electron chi connectivity index (χ2n) is 9.66. The van der Waals surface area contributed by atoms with E-state index in [4.69, 9.17) is 0 Å². The van der Waals surface area contributed by atoms with Gasteiger partial charge in [-0.25, -0.2) is 0 Å². The average Bonchev–Trinajstić information content (AvgIpc) is 2.97. The fraction of sp³-hybridized carbons (Fsp3) is 0.333. The first kappa shape index (κ1) is 28.8. The van der Waals surface area contributed by atoms with E-state index in [0.29, 0.717) is 0 Å². The molecule has 0 N–H and O–H groups in total. The fourth-order valence-electron chi connectivity index (χ4n) is 4.54. The largest absolute Gasteiger partial charge is 0.166 e. The minimum Gasteiger partial charge on any atom is -0.0654 e. The fourth-order valence-corrected chi connectivity index (χ4v) is 6.64. The van der Waals surface area contributed by atoms with Gasteiger partial charge in [0.05, 0.1) is 10.9 Å². The second kappa shape index (κ2) is 18.5. The highest BCUT2D eigenvalue weighted by atomic mass is 32.2. The third-order valence-corrected chi connectivity index (χ3v) is 8.83. The lowest BCUT2D eigenvalue weighted by molar-refractivity contribution is 0.556. The summed E-state index contributed by atoms with van der Waals surface area (Å²) in [6.45, 7) is 2.28. The van der Waals surface area contributed by atoms with Crippen LogP contribution in [0.2, 0.25) is 0 Å². The van der Waals surface area contributed by atoms with E-state index in [1.54, 1.807) is 0 Å². The molecule has 4 rings (SSSR count). The van der Waals surface area contributed by atoms with Gasteiger partial charge in [0.1, 0.15) is 0 Å². The Balaban J connectivity index is 0.000000206. The van der Waals surface area contributed by atoms with E-state index in [1.165, 1.54) is 90.9 Å². The standard InChI is InChI=1S/C18H15S.C18H30/c1-4-10-16(11-5-1)19(17-12-6-2-7-13-17)18-14-8-3-9-15-18;1-2-3-4-5-6-7-8-9-10-12-15-18-16-13-11-14-17-18/h1-15H;11,13-14,16-17H,2-10,12,15H2,1H3/q+1;. The average molecular weight is 510 g/mol. The summed E-state index contributed by atoms with van der Waals surface area (Å²) >= 11 is 0. The van der Waals surface area contributed by atoms with E-state index >= 15 is 0 Å². The SMILES string of the molecule is CCCCCCCCCCCCc1ccccc1.c1ccc([S+](c2ccccc2)c2ccccc2)cc1. The Morgan fingerprint density at radius 1 is 0.378 bits per heavy atom. The molecule has 0 saturated carbocycles. The van der Waals surface area contributed by atoms with Gasteiger partial charge in [-0.15, -0.1) is 0 Å². The molecule has 4 aromatic carbocycles. The summed E-state index contributed by atoms with van der Waals surface area (Å²) in [6.07, 6.45) is 15.5. The Bertz CT molecular complexity index is 951. The minimum atomic E-state index is -0.0146. The summed E-state index contributed by atoms with van der Waals surface area (Å²) in [6, 6.07) is 43.0. The predicted molar refractivity (Wildman–Crippen MR) is 163 cm³/mol. The highest BCUT2D eigenvalue weighted by Gasteiger charge is 2.27. The molecule has 4 aromatic rings. The van der Waals surface area contributed by atoms with Crippen molar-refractivity contribution in [3.05, 3.63) is 127 Å². The third kappa shape index (κ3) is 11.4. The molecule has 0 atom stereocenters. The molecule has 0 heterocycles. The number of rotatable bonds is 14. The number of hydrogen-bond donors (Lipinski definition) is 0. The molecule has 0 fully saturated rings. The maximum absolute atomic E-state index is 2.28. The smallest absolute Gasteiger partial charge is 0.0654 e. The molecule has 0 nitrogen and oxygen atoms in total. The van der Waals surface area contributed by atoms with E-state index in [2.05, 4.69) is 128 Å². The molecule has 0 bridgehead atoms. The number of hydrogen-bond acceptors (Lipinski definition) is 0. The van der Waals surface area contributed by atoms with E-state index < -0.39 is 0 Å². The molecular weight excluding hydrogens is 464 g/mol. The molecule has 0 aliphatic heterocycles. The van der Waals surface area contributed by atoms with Gasteiger partial charge in [-0.05, 0) is 54.8 Å². The third-order valence-electron chi connectivity index (χ3n) is 6.60. The van der Waals surface area contributed by atoms with Crippen molar-refractivity contribution in [1.82, 2.24) is 0 Å². The Morgan fingerprint density at radius 3 is 1.08 bits per heavy atom. The van der Waals surface area contributed by atoms with Crippen LogP contribution in [0, 0.1) is 0 Å². The quantitative estimate of drug-likeness (QED) is 0.117. The van der Waals surface area contributed by atoms with Gasteiger partial charge >= 0.3 is 0 Å². The first-order valence-corrected chi connectivity index (χ1v) is 15.5. The van der Waals surface area contributed by atoms with Crippen LogP contribution in [0.1, 0.15) is 76.7 Å². The summed E-state index contributed by atoms with van der Waals surface area (Å²) in [7, 11) is -0.0146. The van der Waals surface area contributed by atoms with Crippen molar-refractivity contribution in [1.29, 1.82) is 0 Å². The molecule has 194 valence electrons. The van der Waals surface area contributed by atoms with Crippen LogP contribution in [0.5, 0.6) is 0 Å². The summed E-state index contributed by atoms with van der Waals surface area (Å²) in [4.78, 5) is 4.08. The molecule has 0 radical (unpaired) electrons. The minimum absolute atomic E-state index is 0.0146. The monoisotopic (exact) mass is 509 g/mol. The zero-order chi connectivity index (χ0) is 25.8. The lowest BCUT2D eigenvalue weighted by Crippen LogP contribution is -2.04.